The number of fused-ring (bicyclic) bond motifs is 1. The minimum atomic E-state index is -0.582. The van der Waals surface area contributed by atoms with E-state index in [1.165, 1.54) is 14.2 Å². The maximum absolute atomic E-state index is 11.9. The van der Waals surface area contributed by atoms with Gasteiger partial charge in [0.1, 0.15) is 4.32 Å². The number of nitrogens with one attached hydrogen (secondary N) is 1. The third kappa shape index (κ3) is 8.76. The smallest absolute Gasteiger partial charge is 0.340 e. The lowest BCUT2D eigenvalue weighted by Crippen LogP contribution is -2.45. The van der Waals surface area contributed by atoms with Crippen LogP contribution in [0.25, 0.3) is 0 Å². The Morgan fingerprint density at radius 2 is 1.53 bits per heavy atom. The van der Waals surface area contributed by atoms with Gasteiger partial charge in [-0.1, -0.05) is 28.1 Å². The number of nitrogen functional groups attached to an aromatic ring is 2. The largest absolute Gasteiger partial charge is 0.465 e. The van der Waals surface area contributed by atoms with Gasteiger partial charge in [-0.15, -0.1) is 0 Å². The number of hydrogen-bond donors (Lipinski definition) is 3. The van der Waals surface area contributed by atoms with Crippen molar-refractivity contribution in [3.8, 4) is 0 Å². The minimum Gasteiger partial charge on any atom is -0.465 e. The molecule has 208 valence electrons. The number of hydrogen-bond acceptors (Lipinski definition) is 10. The second-order valence-electron chi connectivity index (χ2n) is 9.17. The van der Waals surface area contributed by atoms with Crippen molar-refractivity contribution in [2.75, 3.05) is 37.6 Å². The Balaban J connectivity index is 0.000000303. The number of Topliss-reactive ketones (excluding diaryl/α,β-unsaturated/α-hetero) is 1. The van der Waals surface area contributed by atoms with E-state index in [4.69, 9.17) is 20.9 Å². The predicted octanol–water partition coefficient (Wildman–Crippen LogP) is 4.15. The third-order valence-electron chi connectivity index (χ3n) is 5.37. The first-order valence-electron chi connectivity index (χ1n) is 11.7. The van der Waals surface area contributed by atoms with Crippen molar-refractivity contribution in [3.05, 3.63) is 53.1 Å². The van der Waals surface area contributed by atoms with E-state index in [-0.39, 0.29) is 23.9 Å². The number of carbonyl (C=O) groups excluding carboxylic acids is 4. The molecular formula is C27H36BrN3O7. The summed E-state index contributed by atoms with van der Waals surface area (Å²) >= 11 is 3.17. The second-order valence-corrected chi connectivity index (χ2v) is 11.1. The van der Waals surface area contributed by atoms with Gasteiger partial charge in [-0.3, -0.25) is 9.59 Å². The number of ketones is 1. The molecule has 0 aliphatic carbocycles. The SMILES string of the molecule is CCOC(=O)C(C)(C)Br.COC(=O)c1cccc(N)c1N.COC(=O)c1cccc2c1CC(=O)C(C)(C)N2. The van der Waals surface area contributed by atoms with Gasteiger partial charge in [-0.2, -0.15) is 0 Å². The molecule has 0 aromatic heterocycles. The van der Waals surface area contributed by atoms with Crippen molar-refractivity contribution in [3.63, 3.8) is 0 Å². The average Bonchev–Trinajstić information content (AvgIpc) is 2.85. The molecule has 11 heteroatoms. The molecule has 1 aliphatic heterocycles. The first-order chi connectivity index (χ1) is 17.6. The van der Waals surface area contributed by atoms with Crippen molar-refractivity contribution in [1.82, 2.24) is 0 Å². The van der Waals surface area contributed by atoms with Gasteiger partial charge in [0, 0.05) is 12.1 Å². The van der Waals surface area contributed by atoms with Crippen LogP contribution in [0, 0.1) is 0 Å². The summed E-state index contributed by atoms with van der Waals surface area (Å²) in [5.74, 6) is -1.03. The number of rotatable bonds is 4. The molecule has 0 atom stereocenters. The van der Waals surface area contributed by atoms with E-state index in [2.05, 4.69) is 26.0 Å². The molecule has 1 heterocycles. The Kier molecular flexibility index (Phi) is 11.8. The molecule has 0 amide bonds. The fourth-order valence-electron chi connectivity index (χ4n) is 3.16. The Hall–Kier alpha value is -3.60. The monoisotopic (exact) mass is 593 g/mol. The fraction of sp³-hybridized carbons (Fsp3) is 0.407. The lowest BCUT2D eigenvalue weighted by Gasteiger charge is -2.32. The van der Waals surface area contributed by atoms with Crippen molar-refractivity contribution >= 4 is 56.7 Å². The van der Waals surface area contributed by atoms with Crippen molar-refractivity contribution in [2.24, 2.45) is 0 Å². The topological polar surface area (TPSA) is 160 Å². The third-order valence-corrected chi connectivity index (χ3v) is 5.69. The molecule has 0 unspecified atom stereocenters. The van der Waals surface area contributed by atoms with Gasteiger partial charge < -0.3 is 31.0 Å². The number of para-hydroxylation sites is 1. The maximum Gasteiger partial charge on any atom is 0.340 e. The van der Waals surface area contributed by atoms with E-state index < -0.39 is 21.8 Å². The number of nitrogens with two attached hydrogens (primary N) is 2. The van der Waals surface area contributed by atoms with E-state index in [1.54, 1.807) is 51.1 Å². The van der Waals surface area contributed by atoms with Crippen molar-refractivity contribution < 1.29 is 33.4 Å². The standard InChI is InChI=1S/C13H15NO3.C8H10N2O2.C6H11BrO2/c1-13(2)11(15)7-9-8(12(16)17-3)5-4-6-10(9)14-13;1-12-8(11)5-3-2-4-6(9)7(5)10;1-4-9-5(8)6(2,3)7/h4-6,14H,7H2,1-3H3;2-4H,9-10H2,1H3;4H2,1-3H3. The van der Waals surface area contributed by atoms with Crippen LogP contribution in [-0.2, 0) is 30.2 Å². The van der Waals surface area contributed by atoms with Crippen LogP contribution in [0.2, 0.25) is 0 Å². The van der Waals surface area contributed by atoms with Gasteiger partial charge in [-0.25, -0.2) is 9.59 Å². The summed E-state index contributed by atoms with van der Waals surface area (Å²) in [5.41, 5.74) is 13.4. The number of halogens is 1. The summed E-state index contributed by atoms with van der Waals surface area (Å²) in [7, 11) is 2.63. The van der Waals surface area contributed by atoms with Crippen LogP contribution >= 0.6 is 15.9 Å². The van der Waals surface area contributed by atoms with Gasteiger partial charge in [-0.05, 0) is 64.4 Å². The molecule has 10 nitrogen and oxygen atoms in total. The van der Waals surface area contributed by atoms with Crippen molar-refractivity contribution in [1.29, 1.82) is 0 Å². The molecule has 0 spiro atoms. The summed E-state index contributed by atoms with van der Waals surface area (Å²) in [6, 6.07) is 10.2. The van der Waals surface area contributed by atoms with Crippen LogP contribution in [0.4, 0.5) is 17.1 Å². The number of alkyl halides is 1. The highest BCUT2D eigenvalue weighted by atomic mass is 79.9. The Labute approximate surface area is 231 Å². The quantitative estimate of drug-likeness (QED) is 0.203. The number of benzene rings is 2. The Bertz CT molecular complexity index is 1170. The van der Waals surface area contributed by atoms with E-state index in [0.717, 1.165) is 11.3 Å². The van der Waals surface area contributed by atoms with Gasteiger partial charge in [0.2, 0.25) is 0 Å². The molecule has 0 fully saturated rings. The molecule has 3 rings (SSSR count). The summed E-state index contributed by atoms with van der Waals surface area (Å²) in [4.78, 5) is 45.3. The summed E-state index contributed by atoms with van der Waals surface area (Å²) < 4.78 is 13.4. The lowest BCUT2D eigenvalue weighted by atomic mass is 9.86. The highest BCUT2D eigenvalue weighted by molar-refractivity contribution is 9.10. The van der Waals surface area contributed by atoms with E-state index in [9.17, 15) is 19.2 Å². The number of ether oxygens (including phenoxy) is 3. The zero-order valence-corrected chi connectivity index (χ0v) is 24.4. The van der Waals surface area contributed by atoms with Crippen LogP contribution in [0.15, 0.2) is 36.4 Å². The van der Waals surface area contributed by atoms with E-state index >= 15 is 0 Å². The molecule has 2 aromatic rings. The maximum atomic E-state index is 11.9. The van der Waals surface area contributed by atoms with Gasteiger partial charge >= 0.3 is 17.9 Å². The average molecular weight is 595 g/mol. The molecule has 2 aromatic carbocycles. The molecule has 0 saturated carbocycles. The molecule has 0 saturated heterocycles. The van der Waals surface area contributed by atoms with Gasteiger partial charge in [0.05, 0.1) is 48.9 Å². The zero-order valence-electron chi connectivity index (χ0n) is 22.8. The van der Waals surface area contributed by atoms with Gasteiger partial charge in [0.15, 0.2) is 5.78 Å². The number of anilines is 3. The number of esters is 3. The predicted molar refractivity (Wildman–Crippen MR) is 150 cm³/mol. The molecule has 5 N–H and O–H groups in total. The molecule has 38 heavy (non-hydrogen) atoms. The van der Waals surface area contributed by atoms with Gasteiger partial charge in [0.25, 0.3) is 0 Å². The minimum absolute atomic E-state index is 0.0707. The fourth-order valence-corrected chi connectivity index (χ4v) is 3.27. The van der Waals surface area contributed by atoms with Crippen LogP contribution in [0.5, 0.6) is 0 Å². The second kappa shape index (κ2) is 13.8. The van der Waals surface area contributed by atoms with Crippen LogP contribution in [0.3, 0.4) is 0 Å². The first-order valence-corrected chi connectivity index (χ1v) is 12.5. The lowest BCUT2D eigenvalue weighted by molar-refractivity contribution is -0.144. The summed E-state index contributed by atoms with van der Waals surface area (Å²) in [6.45, 7) is 9.41. The van der Waals surface area contributed by atoms with Crippen LogP contribution in [-0.4, -0.2) is 54.4 Å². The zero-order chi connectivity index (χ0) is 29.3. The molecule has 0 radical (unpaired) electrons. The van der Waals surface area contributed by atoms with E-state index in [1.807, 2.05) is 19.9 Å². The normalized spacial score (nSPS) is 13.2. The van der Waals surface area contributed by atoms with E-state index in [0.29, 0.717) is 23.4 Å². The van der Waals surface area contributed by atoms with Crippen LogP contribution < -0.4 is 16.8 Å². The van der Waals surface area contributed by atoms with Crippen LogP contribution in [0.1, 0.15) is 60.9 Å². The Morgan fingerprint density at radius 3 is 2.03 bits per heavy atom. The molecule has 0 bridgehead atoms. The Morgan fingerprint density at radius 1 is 1.00 bits per heavy atom. The highest BCUT2D eigenvalue weighted by Gasteiger charge is 2.34. The molecular weight excluding hydrogens is 558 g/mol. The number of carbonyl (C=O) groups is 4. The summed E-state index contributed by atoms with van der Waals surface area (Å²) in [6.07, 6.45) is 0.264. The summed E-state index contributed by atoms with van der Waals surface area (Å²) in [5, 5.41) is 3.15. The first kappa shape index (κ1) is 32.4. The number of methoxy groups -OCH3 is 2. The molecule has 1 aliphatic rings. The highest BCUT2D eigenvalue weighted by Crippen LogP contribution is 2.31. The van der Waals surface area contributed by atoms with Crippen molar-refractivity contribution in [2.45, 2.75) is 50.9 Å².